The van der Waals surface area contributed by atoms with Crippen molar-refractivity contribution >= 4 is 23.3 Å². The molecule has 2 heterocycles. The lowest BCUT2D eigenvalue weighted by Gasteiger charge is -2.34. The first-order valence-electron chi connectivity index (χ1n) is 10.7. The van der Waals surface area contributed by atoms with Crippen molar-refractivity contribution in [2.24, 2.45) is 11.0 Å². The molecule has 8 nitrogen and oxygen atoms in total. The molecular formula is C22H32N4O4. The summed E-state index contributed by atoms with van der Waals surface area (Å²) in [4.78, 5) is 27.6. The Balaban J connectivity index is 1.62. The molecule has 1 N–H and O–H groups in total. The number of esters is 1. The van der Waals surface area contributed by atoms with Gasteiger partial charge in [0.05, 0.1) is 25.0 Å². The van der Waals surface area contributed by atoms with Gasteiger partial charge in [-0.3, -0.25) is 14.7 Å². The summed E-state index contributed by atoms with van der Waals surface area (Å²) in [6.07, 6.45) is 0.170. The normalized spacial score (nSPS) is 22.1. The van der Waals surface area contributed by atoms with Gasteiger partial charge in [0.15, 0.2) is 0 Å². The predicted octanol–water partition coefficient (Wildman–Crippen LogP) is 1.66. The number of rotatable bonds is 8. The summed E-state index contributed by atoms with van der Waals surface area (Å²) < 4.78 is 10.9. The molecule has 2 aliphatic rings. The number of benzene rings is 1. The fourth-order valence-electron chi connectivity index (χ4n) is 3.79. The fourth-order valence-corrected chi connectivity index (χ4v) is 3.79. The number of carbonyl (C=O) groups excluding carboxylic acids is 2. The second-order valence-electron chi connectivity index (χ2n) is 8.06. The van der Waals surface area contributed by atoms with E-state index < -0.39 is 12.0 Å². The van der Waals surface area contributed by atoms with Crippen molar-refractivity contribution in [1.82, 2.24) is 10.2 Å². The Morgan fingerprint density at radius 2 is 2.07 bits per heavy atom. The lowest BCUT2D eigenvalue weighted by molar-refractivity contribution is -0.135. The van der Waals surface area contributed by atoms with E-state index in [1.54, 1.807) is 11.9 Å². The van der Waals surface area contributed by atoms with Crippen LogP contribution in [-0.4, -0.2) is 74.0 Å². The van der Waals surface area contributed by atoms with Gasteiger partial charge in [-0.15, -0.1) is 0 Å². The highest BCUT2D eigenvalue weighted by Crippen LogP contribution is 2.25. The summed E-state index contributed by atoms with van der Waals surface area (Å²) in [5.41, 5.74) is 1.02. The summed E-state index contributed by atoms with van der Waals surface area (Å²) in [7, 11) is 0. The van der Waals surface area contributed by atoms with Crippen molar-refractivity contribution in [3.8, 4) is 0 Å². The second-order valence-corrected chi connectivity index (χ2v) is 8.06. The number of anilines is 1. The zero-order chi connectivity index (χ0) is 21.5. The van der Waals surface area contributed by atoms with Gasteiger partial charge in [-0.05, 0) is 25.0 Å². The molecule has 2 atom stereocenters. The van der Waals surface area contributed by atoms with Crippen LogP contribution in [0.3, 0.4) is 0 Å². The number of hydrogen-bond donors (Lipinski definition) is 1. The number of hydrogen-bond acceptors (Lipinski definition) is 7. The first-order chi connectivity index (χ1) is 14.5. The van der Waals surface area contributed by atoms with Gasteiger partial charge in [0.25, 0.3) is 0 Å². The molecule has 3 rings (SSSR count). The average molecular weight is 417 g/mol. The zero-order valence-corrected chi connectivity index (χ0v) is 18.0. The van der Waals surface area contributed by atoms with E-state index in [0.717, 1.165) is 25.3 Å². The molecule has 1 aromatic rings. The Labute approximate surface area is 178 Å². The monoisotopic (exact) mass is 416 g/mol. The Hall–Kier alpha value is -2.45. The quantitative estimate of drug-likeness (QED) is 0.649. The van der Waals surface area contributed by atoms with Crippen LogP contribution in [0.2, 0.25) is 0 Å². The van der Waals surface area contributed by atoms with Gasteiger partial charge >= 0.3 is 5.97 Å². The summed E-state index contributed by atoms with van der Waals surface area (Å²) in [5, 5.41) is 9.00. The Morgan fingerprint density at radius 1 is 1.30 bits per heavy atom. The average Bonchev–Trinajstić information content (AvgIpc) is 3.18. The number of ether oxygens (including phenoxy) is 2. The van der Waals surface area contributed by atoms with Gasteiger partial charge in [-0.1, -0.05) is 32.0 Å². The van der Waals surface area contributed by atoms with Gasteiger partial charge in [-0.2, -0.15) is 5.10 Å². The highest BCUT2D eigenvalue weighted by Gasteiger charge is 2.37. The molecule has 0 bridgehead atoms. The van der Waals surface area contributed by atoms with Gasteiger partial charge in [0, 0.05) is 32.6 Å². The molecule has 2 unspecified atom stereocenters. The zero-order valence-electron chi connectivity index (χ0n) is 18.0. The van der Waals surface area contributed by atoms with Gasteiger partial charge in [0.2, 0.25) is 5.91 Å². The summed E-state index contributed by atoms with van der Waals surface area (Å²) >= 11 is 0. The first-order valence-corrected chi connectivity index (χ1v) is 10.7. The largest absolute Gasteiger partial charge is 0.461 e. The van der Waals surface area contributed by atoms with E-state index in [1.165, 1.54) is 0 Å². The standard InChI is InChI=1S/C22H32N4O4/c1-4-29-22(28)19-12-20(26(24-19)17-8-6-5-7-9-17)21(27)23-13-18-15-25(10-11-30-18)14-16(2)3/h5-9,16,18,20H,4,10-15H2,1-3H3,(H,23,27). The maximum absolute atomic E-state index is 13.0. The molecule has 30 heavy (non-hydrogen) atoms. The van der Waals surface area contributed by atoms with Crippen molar-refractivity contribution in [2.75, 3.05) is 44.4 Å². The van der Waals surface area contributed by atoms with Crippen LogP contribution in [0.5, 0.6) is 0 Å². The minimum absolute atomic E-state index is 0.0431. The highest BCUT2D eigenvalue weighted by molar-refractivity contribution is 6.38. The summed E-state index contributed by atoms with van der Waals surface area (Å²) in [6, 6.07) is 8.79. The van der Waals surface area contributed by atoms with Crippen molar-refractivity contribution in [3.63, 3.8) is 0 Å². The van der Waals surface area contributed by atoms with Gasteiger partial charge < -0.3 is 14.8 Å². The lowest BCUT2D eigenvalue weighted by Crippen LogP contribution is -2.51. The van der Waals surface area contributed by atoms with E-state index in [9.17, 15) is 9.59 Å². The van der Waals surface area contributed by atoms with Gasteiger partial charge in [-0.25, -0.2) is 4.79 Å². The molecule has 0 aromatic heterocycles. The van der Waals surface area contributed by atoms with E-state index in [-0.39, 0.29) is 30.8 Å². The number of amides is 1. The van der Waals surface area contributed by atoms with Crippen molar-refractivity contribution in [2.45, 2.75) is 39.3 Å². The van der Waals surface area contributed by atoms with Crippen LogP contribution in [0.25, 0.3) is 0 Å². The molecule has 0 radical (unpaired) electrons. The molecule has 1 saturated heterocycles. The smallest absolute Gasteiger partial charge is 0.354 e. The summed E-state index contributed by atoms with van der Waals surface area (Å²) in [6.45, 7) is 10.3. The second kappa shape index (κ2) is 10.5. The first kappa shape index (κ1) is 22.2. The van der Waals surface area contributed by atoms with E-state index in [0.29, 0.717) is 19.1 Å². The molecule has 2 aliphatic heterocycles. The SMILES string of the molecule is CCOC(=O)C1=NN(c2ccccc2)C(C(=O)NCC2CN(CC(C)C)CCO2)C1. The predicted molar refractivity (Wildman–Crippen MR) is 115 cm³/mol. The van der Waals surface area contributed by atoms with Crippen molar-refractivity contribution < 1.29 is 19.1 Å². The third kappa shape index (κ3) is 5.79. The van der Waals surface area contributed by atoms with E-state index >= 15 is 0 Å². The minimum atomic E-state index is -0.595. The minimum Gasteiger partial charge on any atom is -0.461 e. The maximum Gasteiger partial charge on any atom is 0.354 e. The highest BCUT2D eigenvalue weighted by atomic mass is 16.5. The number of hydrazone groups is 1. The number of nitrogens with one attached hydrogen (secondary N) is 1. The summed E-state index contributed by atoms with van der Waals surface area (Å²) in [5.74, 6) is -0.0603. The van der Waals surface area contributed by atoms with Crippen LogP contribution in [-0.2, 0) is 19.1 Å². The number of para-hydroxylation sites is 1. The van der Waals surface area contributed by atoms with E-state index in [2.05, 4.69) is 29.2 Å². The van der Waals surface area contributed by atoms with Gasteiger partial charge in [0.1, 0.15) is 11.8 Å². The van der Waals surface area contributed by atoms with Crippen LogP contribution >= 0.6 is 0 Å². The molecule has 164 valence electrons. The van der Waals surface area contributed by atoms with Crippen LogP contribution in [0.15, 0.2) is 35.4 Å². The molecule has 1 fully saturated rings. The molecule has 0 aliphatic carbocycles. The number of morpholine rings is 1. The Kier molecular flexibility index (Phi) is 7.81. The topological polar surface area (TPSA) is 83.5 Å². The number of nitrogens with zero attached hydrogens (tertiary/aromatic N) is 3. The lowest BCUT2D eigenvalue weighted by atomic mass is 10.1. The molecule has 8 heteroatoms. The Bertz CT molecular complexity index is 753. The number of carbonyl (C=O) groups is 2. The molecule has 0 saturated carbocycles. The third-order valence-corrected chi connectivity index (χ3v) is 5.10. The van der Waals surface area contributed by atoms with Crippen LogP contribution < -0.4 is 10.3 Å². The van der Waals surface area contributed by atoms with Crippen LogP contribution in [0, 0.1) is 5.92 Å². The van der Waals surface area contributed by atoms with Crippen molar-refractivity contribution in [3.05, 3.63) is 30.3 Å². The Morgan fingerprint density at radius 3 is 2.77 bits per heavy atom. The molecule has 1 aromatic carbocycles. The molecular weight excluding hydrogens is 384 g/mol. The fraction of sp³-hybridized carbons (Fsp3) is 0.591. The third-order valence-electron chi connectivity index (χ3n) is 5.10. The van der Waals surface area contributed by atoms with E-state index in [4.69, 9.17) is 9.47 Å². The van der Waals surface area contributed by atoms with Crippen LogP contribution in [0.4, 0.5) is 5.69 Å². The van der Waals surface area contributed by atoms with Crippen molar-refractivity contribution in [1.29, 1.82) is 0 Å². The van der Waals surface area contributed by atoms with Crippen LogP contribution in [0.1, 0.15) is 27.2 Å². The maximum atomic E-state index is 13.0. The molecule has 0 spiro atoms. The molecule has 1 amide bonds. The van der Waals surface area contributed by atoms with E-state index in [1.807, 2.05) is 30.3 Å².